The molecule has 4 N–H and O–H groups in total. The van der Waals surface area contributed by atoms with Crippen molar-refractivity contribution in [2.75, 3.05) is 6.26 Å². The Bertz CT molecular complexity index is 892. The Morgan fingerprint density at radius 1 is 1.07 bits per heavy atom. The highest BCUT2D eigenvalue weighted by Crippen LogP contribution is 2.46. The number of benzene rings is 1. The summed E-state index contributed by atoms with van der Waals surface area (Å²) in [6.45, 7) is 1.91. The van der Waals surface area contributed by atoms with Crippen LogP contribution in [0, 0.1) is 0 Å². The molecule has 0 fully saturated rings. The topological polar surface area (TPSA) is 116 Å². The van der Waals surface area contributed by atoms with E-state index < -0.39 is 49.8 Å². The number of sulfone groups is 1. The van der Waals surface area contributed by atoms with Crippen molar-refractivity contribution in [3.63, 3.8) is 0 Å². The Hall–Kier alpha value is -2.24. The van der Waals surface area contributed by atoms with E-state index in [0.717, 1.165) is 19.1 Å². The molecule has 1 rings (SSSR count). The molecule has 0 unspecified atom stereocenters. The maximum atomic E-state index is 14.1. The number of aliphatic imine (C=N–C) groups is 1. The molecule has 29 heavy (non-hydrogen) atoms. The van der Waals surface area contributed by atoms with Crippen molar-refractivity contribution >= 4 is 21.7 Å². The molecule has 0 saturated carbocycles. The van der Waals surface area contributed by atoms with Gasteiger partial charge in [0.25, 0.3) is 5.91 Å². The first-order chi connectivity index (χ1) is 13.1. The van der Waals surface area contributed by atoms with E-state index in [1.165, 1.54) is 0 Å². The van der Waals surface area contributed by atoms with E-state index >= 15 is 0 Å². The van der Waals surface area contributed by atoms with Crippen molar-refractivity contribution in [2.24, 2.45) is 16.5 Å². The van der Waals surface area contributed by atoms with Gasteiger partial charge in [0.05, 0.1) is 10.5 Å². The summed E-state index contributed by atoms with van der Waals surface area (Å²) in [4.78, 5) is 14.6. The molecule has 0 atom stereocenters. The molecule has 164 valence electrons. The molecule has 1 amide bonds. The van der Waals surface area contributed by atoms with Gasteiger partial charge in [-0.1, -0.05) is 26.2 Å². The van der Waals surface area contributed by atoms with Crippen LogP contribution in [0.15, 0.2) is 22.0 Å². The summed E-state index contributed by atoms with van der Waals surface area (Å²) in [5, 5.41) is 0. The molecular weight excluding hydrogens is 421 g/mol. The number of aryl methyl sites for hydroxylation is 1. The predicted octanol–water partition coefficient (Wildman–Crippen LogP) is 3.28. The van der Waals surface area contributed by atoms with Crippen LogP contribution in [0.1, 0.15) is 54.1 Å². The van der Waals surface area contributed by atoms with Gasteiger partial charge < -0.3 is 11.5 Å². The van der Waals surface area contributed by atoms with Crippen LogP contribution in [0.4, 0.5) is 22.0 Å². The molecule has 0 bridgehead atoms. The lowest BCUT2D eigenvalue weighted by atomic mass is 9.95. The fourth-order valence-electron chi connectivity index (χ4n) is 2.67. The van der Waals surface area contributed by atoms with E-state index in [1.54, 1.807) is 0 Å². The van der Waals surface area contributed by atoms with E-state index in [4.69, 9.17) is 11.5 Å². The molecule has 0 aliphatic rings. The average Bonchev–Trinajstić information content (AvgIpc) is 2.55. The number of carbonyl (C=O) groups is 1. The first-order valence-electron chi connectivity index (χ1n) is 8.58. The van der Waals surface area contributed by atoms with Crippen molar-refractivity contribution in [3.05, 3.63) is 28.8 Å². The highest BCUT2D eigenvalue weighted by atomic mass is 32.2. The number of guanidine groups is 1. The van der Waals surface area contributed by atoms with Gasteiger partial charge in [0.15, 0.2) is 15.8 Å². The van der Waals surface area contributed by atoms with Crippen LogP contribution in [0.5, 0.6) is 0 Å². The number of halogens is 5. The molecule has 0 spiro atoms. The maximum Gasteiger partial charge on any atom is 0.458 e. The summed E-state index contributed by atoms with van der Waals surface area (Å²) in [5.74, 6) is -7.90. The minimum absolute atomic E-state index is 0.0554. The van der Waals surface area contributed by atoms with Gasteiger partial charge in [0, 0.05) is 11.8 Å². The normalized spacial score (nSPS) is 12.7. The van der Waals surface area contributed by atoms with Crippen molar-refractivity contribution in [1.29, 1.82) is 0 Å². The number of amides is 1. The van der Waals surface area contributed by atoms with E-state index in [-0.39, 0.29) is 12.0 Å². The van der Waals surface area contributed by atoms with Crippen molar-refractivity contribution in [3.8, 4) is 0 Å². The predicted molar refractivity (Wildman–Crippen MR) is 97.5 cm³/mol. The minimum Gasteiger partial charge on any atom is -0.370 e. The van der Waals surface area contributed by atoms with Crippen LogP contribution in [-0.4, -0.2) is 32.7 Å². The Morgan fingerprint density at radius 3 is 2.10 bits per heavy atom. The highest BCUT2D eigenvalue weighted by molar-refractivity contribution is 7.90. The van der Waals surface area contributed by atoms with Gasteiger partial charge in [-0.15, -0.1) is 0 Å². The van der Waals surface area contributed by atoms with Crippen molar-refractivity contribution in [1.82, 2.24) is 0 Å². The molecular formula is C17H22F5N3O3S. The van der Waals surface area contributed by atoms with E-state index in [1.807, 2.05) is 6.92 Å². The van der Waals surface area contributed by atoms with Crippen molar-refractivity contribution in [2.45, 2.75) is 56.0 Å². The Labute approximate surface area is 165 Å². The summed E-state index contributed by atoms with van der Waals surface area (Å²) in [6, 6.07) is 0.888. The number of hydrogen-bond acceptors (Lipinski definition) is 3. The number of rotatable bonds is 8. The van der Waals surface area contributed by atoms with E-state index in [9.17, 15) is 35.2 Å². The lowest BCUT2D eigenvalue weighted by Crippen LogP contribution is -2.35. The molecule has 0 aliphatic heterocycles. The Kier molecular flexibility index (Phi) is 7.74. The Balaban J connectivity index is 3.78. The fourth-order valence-corrected chi connectivity index (χ4v) is 3.64. The number of alkyl halides is 5. The van der Waals surface area contributed by atoms with Gasteiger partial charge in [0.2, 0.25) is 0 Å². The summed E-state index contributed by atoms with van der Waals surface area (Å²) in [5.41, 5.74) is 6.84. The summed E-state index contributed by atoms with van der Waals surface area (Å²) >= 11 is 0. The third-order valence-electron chi connectivity index (χ3n) is 4.06. The smallest absolute Gasteiger partial charge is 0.370 e. The monoisotopic (exact) mass is 443 g/mol. The van der Waals surface area contributed by atoms with Gasteiger partial charge in [-0.2, -0.15) is 26.9 Å². The van der Waals surface area contributed by atoms with Gasteiger partial charge in [-0.05, 0) is 30.5 Å². The molecule has 0 radical (unpaired) electrons. The third-order valence-corrected chi connectivity index (χ3v) is 5.23. The second-order valence-corrected chi connectivity index (χ2v) is 8.49. The van der Waals surface area contributed by atoms with E-state index in [2.05, 4.69) is 4.99 Å². The molecule has 0 aliphatic carbocycles. The fraction of sp³-hybridized carbons (Fsp3) is 0.529. The van der Waals surface area contributed by atoms with Crippen LogP contribution in [0.2, 0.25) is 0 Å². The standard InChI is InChI=1S/C17H22F5N3O3S/c1-3-4-5-6-7-10-8-12(16(18,19)17(20,21)22)11(14(26)25-15(23)24)9-13(10)29(2,27)28/h8-9H,3-7H2,1-2H3,(H4,23,24,25,26). The number of carbonyl (C=O) groups excluding carboxylic acids is 1. The number of unbranched alkanes of at least 4 members (excludes halogenated alkanes) is 3. The lowest BCUT2D eigenvalue weighted by molar-refractivity contribution is -0.289. The molecule has 0 heterocycles. The molecule has 1 aromatic carbocycles. The third kappa shape index (κ3) is 6.12. The van der Waals surface area contributed by atoms with E-state index in [0.29, 0.717) is 25.0 Å². The van der Waals surface area contributed by atoms with Crippen LogP contribution in [0.3, 0.4) is 0 Å². The quantitative estimate of drug-likeness (QED) is 0.277. The zero-order valence-electron chi connectivity index (χ0n) is 15.8. The lowest BCUT2D eigenvalue weighted by Gasteiger charge is -2.23. The molecule has 0 saturated heterocycles. The first kappa shape index (κ1) is 24.8. The zero-order chi connectivity index (χ0) is 22.6. The maximum absolute atomic E-state index is 14.1. The number of nitrogens with zero attached hydrogens (tertiary/aromatic N) is 1. The minimum atomic E-state index is -6.02. The molecule has 0 aromatic heterocycles. The average molecular weight is 443 g/mol. The number of nitrogens with two attached hydrogens (primary N) is 2. The van der Waals surface area contributed by atoms with Gasteiger partial charge in [0.1, 0.15) is 0 Å². The largest absolute Gasteiger partial charge is 0.458 e. The van der Waals surface area contributed by atoms with Crippen LogP contribution >= 0.6 is 0 Å². The summed E-state index contributed by atoms with van der Waals surface area (Å²) in [7, 11) is -4.05. The molecule has 12 heteroatoms. The van der Waals surface area contributed by atoms with Crippen LogP contribution in [-0.2, 0) is 22.2 Å². The van der Waals surface area contributed by atoms with Gasteiger partial charge in [-0.3, -0.25) is 4.79 Å². The van der Waals surface area contributed by atoms with Gasteiger partial charge >= 0.3 is 12.1 Å². The second kappa shape index (κ2) is 9.06. The van der Waals surface area contributed by atoms with Gasteiger partial charge in [-0.25, -0.2) is 8.42 Å². The SMILES string of the molecule is CCCCCCc1cc(C(F)(F)C(F)(F)F)c(C(=O)N=C(N)N)cc1S(C)(=O)=O. The molecule has 6 nitrogen and oxygen atoms in total. The first-order valence-corrected chi connectivity index (χ1v) is 10.5. The molecule has 1 aromatic rings. The van der Waals surface area contributed by atoms with Crippen LogP contribution < -0.4 is 11.5 Å². The second-order valence-electron chi connectivity index (χ2n) is 6.50. The highest BCUT2D eigenvalue weighted by Gasteiger charge is 2.60. The Morgan fingerprint density at radius 2 is 1.66 bits per heavy atom. The number of hydrogen-bond donors (Lipinski definition) is 2. The summed E-state index contributed by atoms with van der Waals surface area (Å²) in [6.07, 6.45) is -2.71. The van der Waals surface area contributed by atoms with Crippen LogP contribution in [0.25, 0.3) is 0 Å². The summed E-state index contributed by atoms with van der Waals surface area (Å²) < 4.78 is 91.4. The van der Waals surface area contributed by atoms with Crippen molar-refractivity contribution < 1.29 is 35.2 Å². The zero-order valence-corrected chi connectivity index (χ0v) is 16.6.